The van der Waals surface area contributed by atoms with E-state index in [-0.39, 0.29) is 11.4 Å². The van der Waals surface area contributed by atoms with E-state index >= 15 is 0 Å². The third-order valence-corrected chi connectivity index (χ3v) is 5.04. The van der Waals surface area contributed by atoms with Gasteiger partial charge in [-0.3, -0.25) is 4.79 Å². The Kier molecular flexibility index (Phi) is 4.10. The molecule has 1 fully saturated rings. The van der Waals surface area contributed by atoms with Crippen LogP contribution in [0.5, 0.6) is 0 Å². The standard InChI is InChI=1S/C13H18ClNOS/c1-10-5-8-17-11(10)12(16)15-13(9-14)6-3-2-4-7-13/h5,8H,2-4,6-7,9H2,1H3,(H,15,16). The molecule has 1 aromatic heterocycles. The van der Waals surface area contributed by atoms with Crippen LogP contribution in [-0.2, 0) is 0 Å². The summed E-state index contributed by atoms with van der Waals surface area (Å²) in [7, 11) is 0. The van der Waals surface area contributed by atoms with Crippen molar-refractivity contribution in [1.29, 1.82) is 0 Å². The number of carbonyl (C=O) groups is 1. The van der Waals surface area contributed by atoms with Crippen molar-refractivity contribution in [2.75, 3.05) is 5.88 Å². The number of hydrogen-bond acceptors (Lipinski definition) is 2. The zero-order valence-corrected chi connectivity index (χ0v) is 11.7. The molecule has 0 aliphatic heterocycles. The maximum absolute atomic E-state index is 12.2. The summed E-state index contributed by atoms with van der Waals surface area (Å²) in [6.45, 7) is 1.97. The van der Waals surface area contributed by atoms with Gasteiger partial charge < -0.3 is 5.32 Å². The van der Waals surface area contributed by atoms with Gasteiger partial charge in [0.15, 0.2) is 0 Å². The molecular formula is C13H18ClNOS. The molecule has 0 spiro atoms. The Hall–Kier alpha value is -0.540. The van der Waals surface area contributed by atoms with Crippen molar-refractivity contribution in [3.8, 4) is 0 Å². The van der Waals surface area contributed by atoms with Crippen molar-refractivity contribution in [3.63, 3.8) is 0 Å². The lowest BCUT2D eigenvalue weighted by Crippen LogP contribution is -2.51. The van der Waals surface area contributed by atoms with Gasteiger partial charge in [0.1, 0.15) is 0 Å². The molecule has 4 heteroatoms. The Morgan fingerprint density at radius 1 is 1.47 bits per heavy atom. The van der Waals surface area contributed by atoms with Gasteiger partial charge in [-0.05, 0) is 36.8 Å². The fourth-order valence-corrected chi connectivity index (χ4v) is 3.58. The molecule has 1 aromatic rings. The number of thiophene rings is 1. The largest absolute Gasteiger partial charge is 0.345 e. The van der Waals surface area contributed by atoms with E-state index in [9.17, 15) is 4.79 Å². The van der Waals surface area contributed by atoms with Gasteiger partial charge >= 0.3 is 0 Å². The average Bonchev–Trinajstić information content (AvgIpc) is 2.77. The van der Waals surface area contributed by atoms with Crippen LogP contribution >= 0.6 is 22.9 Å². The van der Waals surface area contributed by atoms with Gasteiger partial charge in [-0.25, -0.2) is 0 Å². The van der Waals surface area contributed by atoms with E-state index in [1.165, 1.54) is 17.8 Å². The molecule has 0 unspecified atom stereocenters. The van der Waals surface area contributed by atoms with Crippen LogP contribution in [-0.4, -0.2) is 17.3 Å². The Balaban J connectivity index is 2.08. The molecular weight excluding hydrogens is 254 g/mol. The first kappa shape index (κ1) is 12.9. The molecule has 0 atom stereocenters. The van der Waals surface area contributed by atoms with E-state index in [0.29, 0.717) is 5.88 Å². The highest BCUT2D eigenvalue weighted by molar-refractivity contribution is 7.12. The second-order valence-corrected chi connectivity index (χ2v) is 6.04. The summed E-state index contributed by atoms with van der Waals surface area (Å²) in [4.78, 5) is 13.0. The third-order valence-electron chi connectivity index (χ3n) is 3.51. The van der Waals surface area contributed by atoms with Crippen molar-refractivity contribution in [3.05, 3.63) is 21.9 Å². The van der Waals surface area contributed by atoms with Crippen LogP contribution in [0.1, 0.15) is 47.3 Å². The molecule has 1 amide bonds. The van der Waals surface area contributed by atoms with Crippen LogP contribution in [0, 0.1) is 6.92 Å². The van der Waals surface area contributed by atoms with E-state index in [4.69, 9.17) is 11.6 Å². The number of halogens is 1. The van der Waals surface area contributed by atoms with Crippen LogP contribution in [0.15, 0.2) is 11.4 Å². The monoisotopic (exact) mass is 271 g/mol. The first-order valence-electron chi connectivity index (χ1n) is 6.09. The van der Waals surface area contributed by atoms with Crippen molar-refractivity contribution in [2.45, 2.75) is 44.6 Å². The number of nitrogens with one attached hydrogen (secondary N) is 1. The van der Waals surface area contributed by atoms with Gasteiger partial charge in [0.2, 0.25) is 0 Å². The molecule has 1 heterocycles. The first-order valence-corrected chi connectivity index (χ1v) is 7.51. The van der Waals surface area contributed by atoms with E-state index in [0.717, 1.165) is 36.1 Å². The summed E-state index contributed by atoms with van der Waals surface area (Å²) in [5, 5.41) is 5.12. The number of alkyl halides is 1. The fraction of sp³-hybridized carbons (Fsp3) is 0.615. The van der Waals surface area contributed by atoms with Gasteiger partial charge in [0.05, 0.1) is 10.4 Å². The van der Waals surface area contributed by atoms with Gasteiger partial charge in [0, 0.05) is 5.88 Å². The summed E-state index contributed by atoms with van der Waals surface area (Å²) < 4.78 is 0. The molecule has 1 aliphatic carbocycles. The lowest BCUT2D eigenvalue weighted by molar-refractivity contribution is 0.0888. The highest BCUT2D eigenvalue weighted by Gasteiger charge is 2.33. The first-order chi connectivity index (χ1) is 8.17. The Bertz CT molecular complexity index is 396. The van der Waals surface area contributed by atoms with Gasteiger partial charge in [-0.1, -0.05) is 19.3 Å². The molecule has 1 N–H and O–H groups in total. The molecule has 2 rings (SSSR count). The quantitative estimate of drug-likeness (QED) is 0.834. The van der Waals surface area contributed by atoms with E-state index in [1.807, 2.05) is 18.4 Å². The zero-order chi connectivity index (χ0) is 12.3. The molecule has 1 saturated carbocycles. The molecule has 1 aliphatic rings. The summed E-state index contributed by atoms with van der Waals surface area (Å²) in [5.74, 6) is 0.559. The Morgan fingerprint density at radius 2 is 2.18 bits per heavy atom. The van der Waals surface area contributed by atoms with Gasteiger partial charge in [0.25, 0.3) is 5.91 Å². The lowest BCUT2D eigenvalue weighted by Gasteiger charge is -2.36. The van der Waals surface area contributed by atoms with E-state index in [1.54, 1.807) is 0 Å². The number of carbonyl (C=O) groups excluding carboxylic acids is 1. The number of amides is 1. The fourth-order valence-electron chi connectivity index (χ4n) is 2.42. The van der Waals surface area contributed by atoms with Gasteiger partial charge in [-0.2, -0.15) is 0 Å². The van der Waals surface area contributed by atoms with Gasteiger partial charge in [-0.15, -0.1) is 22.9 Å². The molecule has 2 nitrogen and oxygen atoms in total. The van der Waals surface area contributed by atoms with Crippen molar-refractivity contribution in [1.82, 2.24) is 5.32 Å². The van der Waals surface area contributed by atoms with E-state index < -0.39 is 0 Å². The van der Waals surface area contributed by atoms with Crippen LogP contribution in [0.2, 0.25) is 0 Å². The maximum Gasteiger partial charge on any atom is 0.262 e. The maximum atomic E-state index is 12.2. The Labute approximate surface area is 111 Å². The predicted molar refractivity (Wildman–Crippen MR) is 73.1 cm³/mol. The van der Waals surface area contributed by atoms with Crippen LogP contribution in [0.3, 0.4) is 0 Å². The number of aryl methyl sites for hydroxylation is 1. The van der Waals surface area contributed by atoms with Crippen molar-refractivity contribution < 1.29 is 4.79 Å². The predicted octanol–water partition coefficient (Wildman–Crippen LogP) is 3.73. The SMILES string of the molecule is Cc1ccsc1C(=O)NC1(CCl)CCCCC1. The van der Waals surface area contributed by atoms with Crippen molar-refractivity contribution >= 4 is 28.8 Å². The third kappa shape index (κ3) is 2.83. The second kappa shape index (κ2) is 5.40. The minimum atomic E-state index is -0.173. The zero-order valence-electron chi connectivity index (χ0n) is 10.1. The Morgan fingerprint density at radius 3 is 2.71 bits per heavy atom. The topological polar surface area (TPSA) is 29.1 Å². The lowest BCUT2D eigenvalue weighted by atomic mass is 9.83. The van der Waals surface area contributed by atoms with Crippen LogP contribution in [0.4, 0.5) is 0 Å². The molecule has 17 heavy (non-hydrogen) atoms. The normalized spacial score (nSPS) is 18.9. The van der Waals surface area contributed by atoms with Crippen LogP contribution < -0.4 is 5.32 Å². The summed E-state index contributed by atoms with van der Waals surface area (Å²) in [6.07, 6.45) is 5.60. The average molecular weight is 272 g/mol. The van der Waals surface area contributed by atoms with Crippen molar-refractivity contribution in [2.24, 2.45) is 0 Å². The second-order valence-electron chi connectivity index (χ2n) is 4.86. The van der Waals surface area contributed by atoms with Crippen LogP contribution in [0.25, 0.3) is 0 Å². The minimum Gasteiger partial charge on any atom is -0.345 e. The summed E-state index contributed by atoms with van der Waals surface area (Å²) in [5.41, 5.74) is 0.876. The number of rotatable bonds is 3. The minimum absolute atomic E-state index is 0.0417. The summed E-state index contributed by atoms with van der Waals surface area (Å²) in [6, 6.07) is 1.98. The molecule has 0 aromatic carbocycles. The van der Waals surface area contributed by atoms with E-state index in [2.05, 4.69) is 5.32 Å². The number of hydrogen-bond donors (Lipinski definition) is 1. The highest BCUT2D eigenvalue weighted by atomic mass is 35.5. The summed E-state index contributed by atoms with van der Waals surface area (Å²) >= 11 is 7.57. The highest BCUT2D eigenvalue weighted by Crippen LogP contribution is 2.30. The molecule has 94 valence electrons. The molecule has 0 bridgehead atoms. The molecule has 0 radical (unpaired) electrons. The smallest absolute Gasteiger partial charge is 0.262 e. The molecule has 0 saturated heterocycles.